The van der Waals surface area contributed by atoms with Crippen LogP contribution < -0.4 is 10.6 Å². The number of carbonyl (C=O) groups excluding carboxylic acids is 3. The predicted molar refractivity (Wildman–Crippen MR) is 121 cm³/mol. The molecular formula is C24H35N3O4. The van der Waals surface area contributed by atoms with Crippen molar-refractivity contribution in [3.05, 3.63) is 34.9 Å². The molecule has 0 aliphatic heterocycles. The molecule has 0 saturated carbocycles. The number of unbranched alkanes of at least 4 members (excludes halogenated alkanes) is 1. The van der Waals surface area contributed by atoms with Gasteiger partial charge in [0.05, 0.1) is 0 Å². The number of nitrogens with zero attached hydrogens (tertiary/aromatic N) is 1. The number of nitrogens with one attached hydrogen (secondary N) is 2. The van der Waals surface area contributed by atoms with Crippen LogP contribution in [-0.2, 0) is 14.3 Å². The van der Waals surface area contributed by atoms with Crippen molar-refractivity contribution >= 4 is 17.9 Å². The maximum absolute atomic E-state index is 13.1. The molecule has 1 aromatic carbocycles. The van der Waals surface area contributed by atoms with Gasteiger partial charge in [0.2, 0.25) is 5.91 Å². The van der Waals surface area contributed by atoms with Gasteiger partial charge >= 0.3 is 6.09 Å². The minimum absolute atomic E-state index is 0.368. The number of benzene rings is 1. The van der Waals surface area contributed by atoms with Gasteiger partial charge < -0.3 is 15.4 Å². The number of alkyl carbamates (subject to hydrolysis) is 1. The first-order chi connectivity index (χ1) is 14.4. The average Bonchev–Trinajstić information content (AvgIpc) is 2.66. The largest absolute Gasteiger partial charge is 0.444 e. The molecule has 0 aliphatic rings. The van der Waals surface area contributed by atoms with Gasteiger partial charge in [-0.2, -0.15) is 0 Å². The highest BCUT2D eigenvalue weighted by Crippen LogP contribution is 2.24. The van der Waals surface area contributed by atoms with Gasteiger partial charge in [-0.15, -0.1) is 0 Å². The Balaban J connectivity index is 3.19. The Morgan fingerprint density at radius 1 is 1.19 bits per heavy atom. The normalized spacial score (nSPS) is 12.8. The van der Waals surface area contributed by atoms with Crippen molar-refractivity contribution in [3.63, 3.8) is 0 Å². The van der Waals surface area contributed by atoms with Crippen LogP contribution in [0.25, 0.3) is 0 Å². The third kappa shape index (κ3) is 7.97. The third-order valence-corrected chi connectivity index (χ3v) is 4.66. The first kappa shape index (κ1) is 26.0. The summed E-state index contributed by atoms with van der Waals surface area (Å²) < 4.78 is 5.21. The van der Waals surface area contributed by atoms with E-state index >= 15 is 0 Å². The lowest BCUT2D eigenvalue weighted by molar-refractivity contribution is -0.138. The smallest absolute Gasteiger partial charge is 0.408 e. The van der Waals surface area contributed by atoms with Gasteiger partial charge in [0, 0.05) is 12.6 Å². The molecule has 0 aliphatic carbocycles. The molecule has 31 heavy (non-hydrogen) atoms. The zero-order chi connectivity index (χ0) is 23.8. The van der Waals surface area contributed by atoms with Gasteiger partial charge in [-0.3, -0.25) is 14.5 Å². The molecule has 0 fully saturated rings. The Labute approximate surface area is 185 Å². The molecule has 7 nitrogen and oxygen atoms in total. The van der Waals surface area contributed by atoms with Crippen LogP contribution in [-0.4, -0.2) is 41.0 Å². The van der Waals surface area contributed by atoms with Crippen molar-refractivity contribution < 1.29 is 19.1 Å². The number of terminal acetylenes is 1. The van der Waals surface area contributed by atoms with Crippen LogP contribution in [0.3, 0.4) is 0 Å². The predicted octanol–water partition coefficient (Wildman–Crippen LogP) is 3.59. The summed E-state index contributed by atoms with van der Waals surface area (Å²) in [7, 11) is 0. The Hall–Kier alpha value is -3.01. The van der Waals surface area contributed by atoms with E-state index < -0.39 is 29.7 Å². The molecule has 0 radical (unpaired) electrons. The highest BCUT2D eigenvalue weighted by atomic mass is 16.6. The quantitative estimate of drug-likeness (QED) is 0.376. The monoisotopic (exact) mass is 429 g/mol. The highest BCUT2D eigenvalue weighted by molar-refractivity contribution is 5.93. The summed E-state index contributed by atoms with van der Waals surface area (Å²) in [5, 5.41) is 5.35. The molecule has 0 saturated heterocycles. The van der Waals surface area contributed by atoms with Crippen molar-refractivity contribution in [2.45, 2.75) is 79.0 Å². The SMILES string of the molecule is C#CN(C(=O)C(C)NC(=O)OC(C)(C)C)C(C(=O)NCCCC)c1ccc(C)c(C)c1. The van der Waals surface area contributed by atoms with Crippen LogP contribution in [0.2, 0.25) is 0 Å². The topological polar surface area (TPSA) is 87.7 Å². The Morgan fingerprint density at radius 2 is 1.84 bits per heavy atom. The maximum Gasteiger partial charge on any atom is 0.408 e. The molecule has 7 heteroatoms. The lowest BCUT2D eigenvalue weighted by Crippen LogP contribution is -2.50. The van der Waals surface area contributed by atoms with Crippen molar-refractivity contribution in [2.75, 3.05) is 6.54 Å². The van der Waals surface area contributed by atoms with Gasteiger partial charge in [-0.1, -0.05) is 38.0 Å². The second-order valence-corrected chi connectivity index (χ2v) is 8.60. The van der Waals surface area contributed by atoms with Crippen LogP contribution in [0.5, 0.6) is 0 Å². The second kappa shape index (κ2) is 11.4. The van der Waals surface area contributed by atoms with Crippen LogP contribution in [0.1, 0.15) is 70.2 Å². The summed E-state index contributed by atoms with van der Waals surface area (Å²) in [4.78, 5) is 39.3. The van der Waals surface area contributed by atoms with E-state index in [-0.39, 0.29) is 5.91 Å². The van der Waals surface area contributed by atoms with E-state index in [2.05, 4.69) is 16.7 Å². The number of amides is 3. The number of carbonyl (C=O) groups is 3. The third-order valence-electron chi connectivity index (χ3n) is 4.66. The molecule has 170 valence electrons. The summed E-state index contributed by atoms with van der Waals surface area (Å²) in [5.41, 5.74) is 1.94. The molecule has 3 amide bonds. The Kier molecular flexibility index (Phi) is 9.57. The molecule has 2 atom stereocenters. The fourth-order valence-electron chi connectivity index (χ4n) is 2.86. The summed E-state index contributed by atoms with van der Waals surface area (Å²) in [6, 6.07) is 5.86. The minimum atomic E-state index is -1.02. The minimum Gasteiger partial charge on any atom is -0.444 e. The van der Waals surface area contributed by atoms with Gasteiger partial charge in [0.1, 0.15) is 17.7 Å². The standard InChI is InChI=1S/C24H35N3O4/c1-9-11-14-25-21(28)20(19-13-12-16(3)17(4)15-19)27(10-2)22(29)18(5)26-23(30)31-24(6,7)8/h2,12-13,15,18,20H,9,11,14H2,1,3-8H3,(H,25,28)(H,26,30). The molecule has 1 aromatic rings. The zero-order valence-electron chi connectivity index (χ0n) is 19.7. The molecule has 0 aromatic heterocycles. The molecule has 2 unspecified atom stereocenters. The van der Waals surface area contributed by atoms with Crippen molar-refractivity contribution in [3.8, 4) is 12.5 Å². The van der Waals surface area contributed by atoms with E-state index in [1.807, 2.05) is 32.9 Å². The van der Waals surface area contributed by atoms with E-state index in [1.165, 1.54) is 6.92 Å². The van der Waals surface area contributed by atoms with E-state index in [4.69, 9.17) is 11.2 Å². The van der Waals surface area contributed by atoms with E-state index in [0.29, 0.717) is 12.1 Å². The van der Waals surface area contributed by atoms with Gasteiger partial charge in [0.25, 0.3) is 5.91 Å². The summed E-state index contributed by atoms with van der Waals surface area (Å²) in [6.07, 6.45) is 6.67. The summed E-state index contributed by atoms with van der Waals surface area (Å²) in [5.74, 6) is -0.949. The van der Waals surface area contributed by atoms with Gasteiger partial charge in [-0.05, 0) is 64.7 Å². The average molecular weight is 430 g/mol. The highest BCUT2D eigenvalue weighted by Gasteiger charge is 2.34. The lowest BCUT2D eigenvalue weighted by Gasteiger charge is -2.29. The second-order valence-electron chi connectivity index (χ2n) is 8.60. The summed E-state index contributed by atoms with van der Waals surface area (Å²) in [6.45, 7) is 13.1. The maximum atomic E-state index is 13.1. The number of hydrogen-bond acceptors (Lipinski definition) is 4. The van der Waals surface area contributed by atoms with Gasteiger partial charge in [-0.25, -0.2) is 4.79 Å². The fourth-order valence-corrected chi connectivity index (χ4v) is 2.86. The summed E-state index contributed by atoms with van der Waals surface area (Å²) >= 11 is 0. The molecule has 2 N–H and O–H groups in total. The lowest BCUT2D eigenvalue weighted by atomic mass is 9.99. The van der Waals surface area contributed by atoms with E-state index in [0.717, 1.165) is 28.9 Å². The Bertz CT molecular complexity index is 836. The van der Waals surface area contributed by atoms with Crippen molar-refractivity contribution in [1.82, 2.24) is 15.5 Å². The van der Waals surface area contributed by atoms with Crippen molar-refractivity contribution in [1.29, 1.82) is 0 Å². The first-order valence-electron chi connectivity index (χ1n) is 10.5. The molecular weight excluding hydrogens is 394 g/mol. The van der Waals surface area contributed by atoms with Crippen molar-refractivity contribution in [2.24, 2.45) is 0 Å². The molecule has 1 rings (SSSR count). The first-order valence-corrected chi connectivity index (χ1v) is 10.5. The van der Waals surface area contributed by atoms with Gasteiger partial charge in [0.15, 0.2) is 0 Å². The number of rotatable bonds is 8. The van der Waals surface area contributed by atoms with Crippen LogP contribution in [0, 0.1) is 26.3 Å². The number of aryl methyl sites for hydroxylation is 2. The van der Waals surface area contributed by atoms with E-state index in [9.17, 15) is 14.4 Å². The molecule has 0 spiro atoms. The number of hydrogen-bond donors (Lipinski definition) is 2. The number of ether oxygens (including phenoxy) is 1. The fraction of sp³-hybridized carbons (Fsp3) is 0.542. The van der Waals surface area contributed by atoms with Crippen LogP contribution >= 0.6 is 0 Å². The Morgan fingerprint density at radius 3 is 2.35 bits per heavy atom. The zero-order valence-corrected chi connectivity index (χ0v) is 19.7. The molecule has 0 heterocycles. The van der Waals surface area contributed by atoms with E-state index in [1.54, 1.807) is 26.8 Å². The molecule has 0 bridgehead atoms. The van der Waals surface area contributed by atoms with Crippen LogP contribution in [0.15, 0.2) is 18.2 Å². The van der Waals surface area contributed by atoms with Crippen LogP contribution in [0.4, 0.5) is 4.79 Å².